The molecule has 11 atom stereocenters. The van der Waals surface area contributed by atoms with Gasteiger partial charge in [-0.05, 0) is 42.7 Å². The van der Waals surface area contributed by atoms with Crippen molar-refractivity contribution in [2.24, 2.45) is 22.7 Å². The quantitative estimate of drug-likeness (QED) is 0.183. The number of hydrogen-bond donors (Lipinski definition) is 4. The van der Waals surface area contributed by atoms with Crippen LogP contribution in [0.3, 0.4) is 0 Å². The molecule has 3 aliphatic carbocycles. The third-order valence-corrected chi connectivity index (χ3v) is 11.9. The van der Waals surface area contributed by atoms with E-state index in [1.165, 1.54) is 11.8 Å². The SMILES string of the molecule is CSCOC1CC2OCC2(O)C2C(C)C3(O)CC(OC(=O)C(O)[C@@H](C)c4ccccc4)C(C)=C(C(O)C(=O)[C@]12C)C3(C)C.[Ac].[Ac]. The van der Waals surface area contributed by atoms with Crippen LogP contribution in [0.25, 0.3) is 0 Å². The first kappa shape index (κ1) is 40.5. The molecular weight excluding hydrogens is 1030 g/mol. The van der Waals surface area contributed by atoms with Crippen LogP contribution >= 0.6 is 11.8 Å². The standard InChI is InChI=1S/C33H46O9S.2Ac/c1-17(20-11-9-8-10-12-20)25(34)29(37)42-21-14-33(39)19(3)27-31(6,28(36)26(35)24(18(21)2)30(33,4)5)22(41-16-43-7)13-23-32(27,38)15-40-23;;/h8-12,17,19,21-23,25-27,34-35,38-39H,13-16H2,1-7H3;;/t17-,19?,21?,22?,23?,25?,26?,27?,31+,32?,33?;;/m0../s1. The maximum absolute atomic E-state index is 14.6. The van der Waals surface area contributed by atoms with Crippen molar-refractivity contribution < 1.29 is 132 Å². The van der Waals surface area contributed by atoms with Crippen molar-refractivity contribution in [1.29, 1.82) is 0 Å². The van der Waals surface area contributed by atoms with E-state index >= 15 is 0 Å². The number of carbonyl (C=O) groups excluding carboxylic acids is 2. The summed E-state index contributed by atoms with van der Waals surface area (Å²) in [5, 5.41) is 47.7. The van der Waals surface area contributed by atoms with Crippen molar-refractivity contribution in [1.82, 2.24) is 0 Å². The maximum Gasteiger partial charge on any atom is 0.336 e. The molecule has 45 heavy (non-hydrogen) atoms. The molecule has 3 fully saturated rings. The second kappa shape index (κ2) is 14.8. The van der Waals surface area contributed by atoms with Crippen molar-refractivity contribution >= 4 is 23.5 Å². The van der Waals surface area contributed by atoms with Crippen LogP contribution in [0, 0.1) is 111 Å². The van der Waals surface area contributed by atoms with Crippen molar-refractivity contribution in [3.8, 4) is 0 Å². The molecule has 2 saturated carbocycles. The van der Waals surface area contributed by atoms with Crippen LogP contribution < -0.4 is 0 Å². The predicted molar refractivity (Wildman–Crippen MR) is 161 cm³/mol. The normalized spacial score (nSPS) is 39.8. The molecule has 0 aromatic heterocycles. The number of fused-ring (bicyclic) bond motifs is 5. The van der Waals surface area contributed by atoms with Crippen molar-refractivity contribution in [3.63, 3.8) is 0 Å². The van der Waals surface area contributed by atoms with E-state index in [0.717, 1.165) is 5.56 Å². The average Bonchev–Trinajstić information content (AvgIpc) is 2.97. The first-order valence-electron chi connectivity index (χ1n) is 15.1. The van der Waals surface area contributed by atoms with Gasteiger partial charge < -0.3 is 34.6 Å². The Balaban J connectivity index is 0.00000276. The topological polar surface area (TPSA) is 143 Å². The van der Waals surface area contributed by atoms with Crippen molar-refractivity contribution in [2.75, 3.05) is 18.8 Å². The van der Waals surface area contributed by atoms with E-state index in [4.69, 9.17) is 14.2 Å². The molecule has 9 nitrogen and oxygen atoms in total. The molecule has 9 unspecified atom stereocenters. The second-order valence-corrected chi connectivity index (χ2v) is 14.6. The molecule has 2 bridgehead atoms. The smallest absolute Gasteiger partial charge is 0.336 e. The average molecular weight is 1070 g/mol. The van der Waals surface area contributed by atoms with Crippen LogP contribution in [-0.2, 0) is 23.8 Å². The summed E-state index contributed by atoms with van der Waals surface area (Å²) >= 11 is 1.46. The first-order chi connectivity index (χ1) is 20.1. The van der Waals surface area contributed by atoms with Gasteiger partial charge in [0.05, 0.1) is 35.8 Å². The molecular formula is C33H46Ac2O9S. The summed E-state index contributed by atoms with van der Waals surface area (Å²) in [6.45, 7) is 10.6. The summed E-state index contributed by atoms with van der Waals surface area (Å²) in [7, 11) is 0. The minimum absolute atomic E-state index is 0. The summed E-state index contributed by atoms with van der Waals surface area (Å²) in [5.41, 5.74) is -3.99. The number of benzene rings is 1. The zero-order valence-electron chi connectivity index (χ0n) is 27.2. The zero-order chi connectivity index (χ0) is 31.7. The monoisotopic (exact) mass is 1070 g/mol. The number of aliphatic hydroxyl groups is 4. The van der Waals surface area contributed by atoms with Crippen LogP contribution in [0.4, 0.5) is 0 Å². The van der Waals surface area contributed by atoms with E-state index in [1.807, 2.05) is 43.5 Å². The largest absolute Gasteiger partial charge is 0.456 e. The molecule has 4 N–H and O–H groups in total. The molecule has 12 heteroatoms. The fraction of sp³-hybridized carbons (Fsp3) is 0.697. The summed E-state index contributed by atoms with van der Waals surface area (Å²) in [6.07, 6.45) is -3.23. The van der Waals surface area contributed by atoms with Crippen molar-refractivity contribution in [3.05, 3.63) is 47.0 Å². The number of Topliss-reactive ketones (excluding diaryl/α,β-unsaturated/α-hetero) is 1. The van der Waals surface area contributed by atoms with E-state index in [0.29, 0.717) is 17.1 Å². The Labute approximate surface area is 342 Å². The Hall–Kier alpha value is 1.09. The second-order valence-electron chi connectivity index (χ2n) is 13.8. The van der Waals surface area contributed by atoms with Gasteiger partial charge in [-0.25, -0.2) is 4.79 Å². The van der Waals surface area contributed by atoms with Gasteiger partial charge in [-0.3, -0.25) is 4.79 Å². The number of carbonyl (C=O) groups is 2. The molecule has 1 saturated heterocycles. The number of esters is 1. The minimum Gasteiger partial charge on any atom is -0.456 e. The van der Waals surface area contributed by atoms with E-state index in [2.05, 4.69) is 0 Å². The fourth-order valence-corrected chi connectivity index (χ4v) is 9.14. The maximum atomic E-state index is 14.6. The molecule has 0 amide bonds. The van der Waals surface area contributed by atoms with Gasteiger partial charge in [0.15, 0.2) is 11.9 Å². The molecule has 4 aliphatic rings. The zero-order valence-corrected chi connectivity index (χ0v) is 37.5. The Morgan fingerprint density at radius 2 is 1.78 bits per heavy atom. The van der Waals surface area contributed by atoms with Gasteiger partial charge in [-0.1, -0.05) is 58.0 Å². The summed E-state index contributed by atoms with van der Waals surface area (Å²) in [4.78, 5) is 27.9. The Bertz CT molecular complexity index is 1290. The summed E-state index contributed by atoms with van der Waals surface area (Å²) < 4.78 is 17.9. The van der Waals surface area contributed by atoms with Crippen LogP contribution in [0.5, 0.6) is 0 Å². The number of aliphatic hydroxyl groups excluding tert-OH is 2. The predicted octanol–water partition coefficient (Wildman–Crippen LogP) is 2.98. The van der Waals surface area contributed by atoms with Gasteiger partial charge in [-0.15, -0.1) is 11.8 Å². The summed E-state index contributed by atoms with van der Waals surface area (Å²) in [6, 6.07) is 9.14. The Morgan fingerprint density at radius 3 is 2.33 bits per heavy atom. The molecule has 1 heterocycles. The van der Waals surface area contributed by atoms with Gasteiger partial charge in [0.1, 0.15) is 17.8 Å². The Kier molecular flexibility index (Phi) is 13.3. The van der Waals surface area contributed by atoms with E-state index < -0.39 is 82.1 Å². The minimum atomic E-state index is -1.64. The number of ketones is 1. The van der Waals surface area contributed by atoms with Gasteiger partial charge in [0.25, 0.3) is 0 Å². The van der Waals surface area contributed by atoms with Gasteiger partial charge in [-0.2, -0.15) is 0 Å². The van der Waals surface area contributed by atoms with Crippen LogP contribution in [0.15, 0.2) is 41.5 Å². The molecule has 5 rings (SSSR count). The molecule has 1 aromatic rings. The van der Waals surface area contributed by atoms with Crippen LogP contribution in [0.2, 0.25) is 0 Å². The van der Waals surface area contributed by atoms with Gasteiger partial charge in [0.2, 0.25) is 0 Å². The van der Waals surface area contributed by atoms with Crippen LogP contribution in [-0.4, -0.2) is 92.7 Å². The molecule has 244 valence electrons. The Morgan fingerprint density at radius 1 is 1.16 bits per heavy atom. The molecule has 1 aliphatic heterocycles. The fourth-order valence-electron chi connectivity index (χ4n) is 8.84. The number of rotatable bonds is 7. The number of thioether (sulfide) groups is 1. The summed E-state index contributed by atoms with van der Waals surface area (Å²) in [5.74, 6) is -3.12. The van der Waals surface area contributed by atoms with Gasteiger partial charge >= 0.3 is 5.97 Å². The molecule has 2 radical (unpaired) electrons. The van der Waals surface area contributed by atoms with Gasteiger partial charge in [0, 0.05) is 118 Å². The third-order valence-electron chi connectivity index (χ3n) is 11.5. The molecule has 1 aromatic carbocycles. The van der Waals surface area contributed by atoms with E-state index in [9.17, 15) is 30.0 Å². The third kappa shape index (κ3) is 6.32. The molecule has 0 spiro atoms. The first-order valence-corrected chi connectivity index (χ1v) is 16.5. The number of ether oxygens (including phenoxy) is 3. The van der Waals surface area contributed by atoms with Crippen LogP contribution in [0.1, 0.15) is 65.9 Å². The van der Waals surface area contributed by atoms with Crippen molar-refractivity contribution in [2.45, 2.75) is 102 Å². The van der Waals surface area contributed by atoms with E-state index in [-0.39, 0.29) is 108 Å². The van der Waals surface area contributed by atoms with E-state index in [1.54, 1.807) is 34.6 Å². The number of hydrogen-bond acceptors (Lipinski definition) is 10.